The number of nitrogens with zero attached hydrogens (tertiary/aromatic N) is 2. The number of benzene rings is 1. The number of hydrogen-bond acceptors (Lipinski definition) is 4. The minimum Gasteiger partial charge on any atom is -0.344 e. The van der Waals surface area contributed by atoms with Crippen LogP contribution in [0.5, 0.6) is 0 Å². The highest BCUT2D eigenvalue weighted by molar-refractivity contribution is 6.01. The highest BCUT2D eigenvalue weighted by Crippen LogP contribution is 2.39. The van der Waals surface area contributed by atoms with E-state index in [0.29, 0.717) is 16.7 Å². The number of carbonyl (C=O) groups excluding carboxylic acids is 2. The molecule has 29 heavy (non-hydrogen) atoms. The Labute approximate surface area is 164 Å². The lowest BCUT2D eigenvalue weighted by Gasteiger charge is -2.33. The van der Waals surface area contributed by atoms with Gasteiger partial charge in [0.15, 0.2) is 5.78 Å². The summed E-state index contributed by atoms with van der Waals surface area (Å²) in [5.41, 5.74) is 0.656. The molecule has 5 nitrogen and oxygen atoms in total. The minimum absolute atomic E-state index is 0.157. The maximum Gasteiger partial charge on any atom is 0.416 e. The Bertz CT molecular complexity index is 1050. The topological polar surface area (TPSA) is 82.9 Å². The predicted molar refractivity (Wildman–Crippen MR) is 97.4 cm³/mol. The molecule has 1 aromatic heterocycles. The van der Waals surface area contributed by atoms with Gasteiger partial charge in [-0.15, -0.1) is 0 Å². The van der Waals surface area contributed by atoms with Crippen molar-refractivity contribution in [2.24, 2.45) is 0 Å². The first-order valence-corrected chi connectivity index (χ1v) is 8.68. The number of Topliss-reactive ketones (excluding diaryl/α,β-unsaturated/α-hetero) is 1. The van der Waals surface area contributed by atoms with Gasteiger partial charge in [0, 0.05) is 11.8 Å². The van der Waals surface area contributed by atoms with E-state index < -0.39 is 29.6 Å². The van der Waals surface area contributed by atoms with E-state index in [2.05, 4.69) is 10.3 Å². The normalized spacial score (nSPS) is 19.5. The number of nitriles is 1. The minimum atomic E-state index is -4.54. The third-order valence-electron chi connectivity index (χ3n) is 4.86. The molecule has 0 aliphatic carbocycles. The molecule has 2 aromatic rings. The van der Waals surface area contributed by atoms with Crippen molar-refractivity contribution >= 4 is 11.7 Å². The van der Waals surface area contributed by atoms with Crippen molar-refractivity contribution in [1.29, 1.82) is 5.26 Å². The lowest BCUT2D eigenvalue weighted by atomic mass is 9.79. The number of alkyl halides is 3. The zero-order valence-electron chi connectivity index (χ0n) is 15.5. The predicted octanol–water partition coefficient (Wildman–Crippen LogP) is 3.83. The fraction of sp³-hybridized carbons (Fsp3) is 0.238. The Morgan fingerprint density at radius 2 is 1.93 bits per heavy atom. The van der Waals surface area contributed by atoms with Gasteiger partial charge in [-0.05, 0) is 42.7 Å². The molecule has 1 aromatic carbocycles. The van der Waals surface area contributed by atoms with Gasteiger partial charge in [-0.25, -0.2) is 4.98 Å². The van der Waals surface area contributed by atoms with Crippen molar-refractivity contribution in [3.63, 3.8) is 0 Å². The highest BCUT2D eigenvalue weighted by atomic mass is 19.4. The molecule has 2 atom stereocenters. The van der Waals surface area contributed by atoms with Gasteiger partial charge < -0.3 is 5.32 Å². The van der Waals surface area contributed by atoms with Crippen LogP contribution in [0.4, 0.5) is 13.2 Å². The maximum atomic E-state index is 13.1. The Balaban J connectivity index is 2.10. The third kappa shape index (κ3) is 3.90. The molecule has 0 saturated heterocycles. The van der Waals surface area contributed by atoms with Gasteiger partial charge in [-0.3, -0.25) is 9.59 Å². The highest BCUT2D eigenvalue weighted by Gasteiger charge is 2.38. The standard InChI is InChI=1S/C21H16F3N3O2/c1-11-17(12(2)28)19(14-6-7-16(9-25)26-10-14)27-20(29)18(11)13-4-3-5-15(8-13)21(22,23)24/h3-8,10,18-19H,1-2H3,(H,27,29)/t18?,19-/m1/s1. The van der Waals surface area contributed by atoms with Crippen LogP contribution in [0.3, 0.4) is 0 Å². The number of rotatable bonds is 3. The average Bonchev–Trinajstić information content (AvgIpc) is 2.67. The van der Waals surface area contributed by atoms with Crippen LogP contribution in [0.15, 0.2) is 53.7 Å². The van der Waals surface area contributed by atoms with Crippen molar-refractivity contribution < 1.29 is 22.8 Å². The molecular formula is C21H16F3N3O2. The summed E-state index contributed by atoms with van der Waals surface area (Å²) < 4.78 is 39.2. The Morgan fingerprint density at radius 1 is 1.21 bits per heavy atom. The van der Waals surface area contributed by atoms with Gasteiger partial charge in [0.25, 0.3) is 0 Å². The van der Waals surface area contributed by atoms with Crippen molar-refractivity contribution in [3.05, 3.63) is 76.1 Å². The van der Waals surface area contributed by atoms with E-state index in [1.165, 1.54) is 31.3 Å². The molecule has 1 unspecified atom stereocenters. The molecule has 8 heteroatoms. The molecule has 0 radical (unpaired) electrons. The van der Waals surface area contributed by atoms with Crippen LogP contribution in [0.2, 0.25) is 0 Å². The van der Waals surface area contributed by atoms with Gasteiger partial charge in [0.05, 0.1) is 17.5 Å². The molecule has 1 aliphatic rings. The number of ketones is 1. The second kappa shape index (κ2) is 7.51. The monoisotopic (exact) mass is 399 g/mol. The second-order valence-electron chi connectivity index (χ2n) is 6.74. The molecule has 0 saturated carbocycles. The number of nitrogens with one attached hydrogen (secondary N) is 1. The smallest absolute Gasteiger partial charge is 0.344 e. The zero-order chi connectivity index (χ0) is 21.3. The van der Waals surface area contributed by atoms with E-state index in [9.17, 15) is 22.8 Å². The number of halogens is 3. The molecule has 0 fully saturated rings. The summed E-state index contributed by atoms with van der Waals surface area (Å²) in [7, 11) is 0. The van der Waals surface area contributed by atoms with Crippen LogP contribution in [-0.2, 0) is 15.8 Å². The Hall–Kier alpha value is -3.47. The lowest BCUT2D eigenvalue weighted by molar-refractivity contribution is -0.137. The number of carbonyl (C=O) groups is 2. The zero-order valence-corrected chi connectivity index (χ0v) is 15.5. The van der Waals surface area contributed by atoms with Gasteiger partial charge in [0.2, 0.25) is 5.91 Å². The first-order valence-electron chi connectivity index (χ1n) is 8.68. The number of hydrogen-bond donors (Lipinski definition) is 1. The fourth-order valence-electron chi connectivity index (χ4n) is 3.55. The fourth-order valence-corrected chi connectivity index (χ4v) is 3.55. The summed E-state index contributed by atoms with van der Waals surface area (Å²) in [6.07, 6.45) is -3.15. The molecule has 148 valence electrons. The SMILES string of the molecule is CC(=O)C1=C(C)C(c2cccc(C(F)(F)F)c2)C(=O)N[C@@H]1c1ccc(C#N)nc1. The van der Waals surface area contributed by atoms with Gasteiger partial charge in [-0.1, -0.05) is 24.3 Å². The molecule has 1 N–H and O–H groups in total. The van der Waals surface area contributed by atoms with Crippen LogP contribution >= 0.6 is 0 Å². The largest absolute Gasteiger partial charge is 0.416 e. The van der Waals surface area contributed by atoms with Crippen molar-refractivity contribution in [1.82, 2.24) is 10.3 Å². The summed E-state index contributed by atoms with van der Waals surface area (Å²) in [6, 6.07) is 8.67. The summed E-state index contributed by atoms with van der Waals surface area (Å²) >= 11 is 0. The Kier molecular flexibility index (Phi) is 5.25. The lowest BCUT2D eigenvalue weighted by Crippen LogP contribution is -2.41. The van der Waals surface area contributed by atoms with Crippen molar-refractivity contribution in [2.75, 3.05) is 0 Å². The van der Waals surface area contributed by atoms with Gasteiger partial charge >= 0.3 is 6.18 Å². The maximum absolute atomic E-state index is 13.1. The van der Waals surface area contributed by atoms with E-state index in [0.717, 1.165) is 12.1 Å². The van der Waals surface area contributed by atoms with E-state index in [1.54, 1.807) is 13.0 Å². The van der Waals surface area contributed by atoms with Crippen molar-refractivity contribution in [3.8, 4) is 6.07 Å². The second-order valence-corrected chi connectivity index (χ2v) is 6.74. The molecular weight excluding hydrogens is 383 g/mol. The van der Waals surface area contributed by atoms with Gasteiger partial charge in [0.1, 0.15) is 11.8 Å². The third-order valence-corrected chi connectivity index (χ3v) is 4.86. The molecule has 2 heterocycles. The molecule has 1 aliphatic heterocycles. The molecule has 1 amide bonds. The summed E-state index contributed by atoms with van der Waals surface area (Å²) in [5, 5.41) is 11.6. The molecule has 0 bridgehead atoms. The number of aromatic nitrogens is 1. The molecule has 3 rings (SSSR count). The first-order chi connectivity index (χ1) is 13.6. The Morgan fingerprint density at radius 3 is 2.48 bits per heavy atom. The van der Waals surface area contributed by atoms with E-state index >= 15 is 0 Å². The van der Waals surface area contributed by atoms with E-state index in [-0.39, 0.29) is 17.0 Å². The number of amides is 1. The van der Waals surface area contributed by atoms with Crippen LogP contribution in [-0.4, -0.2) is 16.7 Å². The molecule has 0 spiro atoms. The summed E-state index contributed by atoms with van der Waals surface area (Å²) in [5.74, 6) is -1.84. The number of pyridine rings is 1. The average molecular weight is 399 g/mol. The van der Waals surface area contributed by atoms with Crippen LogP contribution in [0.1, 0.15) is 48.2 Å². The van der Waals surface area contributed by atoms with Crippen LogP contribution < -0.4 is 5.32 Å². The summed E-state index contributed by atoms with van der Waals surface area (Å²) in [4.78, 5) is 29.2. The first kappa shape index (κ1) is 20.3. The quantitative estimate of drug-likeness (QED) is 0.850. The van der Waals surface area contributed by atoms with Crippen LogP contribution in [0, 0.1) is 11.3 Å². The van der Waals surface area contributed by atoms with E-state index in [1.807, 2.05) is 6.07 Å². The van der Waals surface area contributed by atoms with Crippen molar-refractivity contribution in [2.45, 2.75) is 32.0 Å². The van der Waals surface area contributed by atoms with Crippen LogP contribution in [0.25, 0.3) is 0 Å². The summed E-state index contributed by atoms with van der Waals surface area (Å²) in [6.45, 7) is 2.91. The van der Waals surface area contributed by atoms with Gasteiger partial charge in [-0.2, -0.15) is 18.4 Å². The van der Waals surface area contributed by atoms with E-state index in [4.69, 9.17) is 5.26 Å².